The first-order valence-corrected chi connectivity index (χ1v) is 3.40. The number of H-pyrrole nitrogens is 1. The van der Waals surface area contributed by atoms with Gasteiger partial charge in [0.05, 0.1) is 6.20 Å². The average Bonchev–Trinajstić information content (AvgIpc) is 2.50. The predicted octanol–water partition coefficient (Wildman–Crippen LogP) is 0.930. The smallest absolute Gasteiger partial charge is 0.336 e. The third-order valence-electron chi connectivity index (χ3n) is 1.51. The molecule has 2 aromatic heterocycles. The van der Waals surface area contributed by atoms with Crippen LogP contribution in [0, 0.1) is 0 Å². The zero-order valence-corrected chi connectivity index (χ0v) is 6.42. The molecular weight excluding hydrogens is 203 g/mol. The molecule has 0 amide bonds. The molecule has 0 saturated heterocycles. The summed E-state index contributed by atoms with van der Waals surface area (Å²) in [6.07, 6.45) is -3.71. The van der Waals surface area contributed by atoms with E-state index in [9.17, 15) is 18.0 Å². The Morgan fingerprint density at radius 2 is 2.14 bits per heavy atom. The Hall–Kier alpha value is -1.86. The highest BCUT2D eigenvalue weighted by Gasteiger charge is 2.35. The van der Waals surface area contributed by atoms with Gasteiger partial charge in [-0.3, -0.25) is 4.79 Å². The van der Waals surface area contributed by atoms with E-state index in [1.165, 1.54) is 0 Å². The number of rotatable bonds is 0. The average molecular weight is 205 g/mol. The lowest BCUT2D eigenvalue weighted by Gasteiger charge is -2.02. The summed E-state index contributed by atoms with van der Waals surface area (Å²) >= 11 is 0. The van der Waals surface area contributed by atoms with Crippen molar-refractivity contribution in [2.45, 2.75) is 6.18 Å². The summed E-state index contributed by atoms with van der Waals surface area (Å²) in [6, 6.07) is 0. The topological polar surface area (TPSA) is 71.8 Å². The van der Waals surface area contributed by atoms with Gasteiger partial charge in [0.25, 0.3) is 11.3 Å². The quantitative estimate of drug-likeness (QED) is 0.694. The van der Waals surface area contributed by atoms with E-state index in [0.29, 0.717) is 0 Å². The zero-order valence-electron chi connectivity index (χ0n) is 6.42. The van der Waals surface area contributed by atoms with Gasteiger partial charge < -0.3 is 9.51 Å². The lowest BCUT2D eigenvalue weighted by molar-refractivity contribution is -0.145. The van der Waals surface area contributed by atoms with E-state index in [1.54, 1.807) is 4.98 Å². The highest BCUT2D eigenvalue weighted by Crippen LogP contribution is 2.25. The first-order chi connectivity index (χ1) is 6.48. The molecule has 14 heavy (non-hydrogen) atoms. The van der Waals surface area contributed by atoms with Crippen LogP contribution in [0.5, 0.6) is 0 Å². The van der Waals surface area contributed by atoms with Gasteiger partial charge in [0.1, 0.15) is 5.39 Å². The minimum atomic E-state index is -4.71. The second kappa shape index (κ2) is 2.56. The molecule has 0 spiro atoms. The number of alkyl halides is 3. The number of hydrogen-bond donors (Lipinski definition) is 1. The number of nitrogens with one attached hydrogen (secondary N) is 1. The maximum absolute atomic E-state index is 12.1. The summed E-state index contributed by atoms with van der Waals surface area (Å²) in [4.78, 5) is 15.7. The Balaban J connectivity index is 2.77. The van der Waals surface area contributed by atoms with Gasteiger partial charge in [-0.05, 0) is 0 Å². The molecule has 8 heteroatoms. The maximum atomic E-state index is 12.1. The van der Waals surface area contributed by atoms with Crippen LogP contribution in [0.4, 0.5) is 13.2 Å². The van der Waals surface area contributed by atoms with Crippen molar-refractivity contribution in [1.29, 1.82) is 0 Å². The number of aromatic nitrogens is 3. The van der Waals surface area contributed by atoms with Crippen LogP contribution < -0.4 is 5.56 Å². The third-order valence-corrected chi connectivity index (χ3v) is 1.51. The summed E-state index contributed by atoms with van der Waals surface area (Å²) < 4.78 is 40.7. The highest BCUT2D eigenvalue weighted by atomic mass is 19.4. The summed E-state index contributed by atoms with van der Waals surface area (Å²) in [5.74, 6) is -1.40. The standard InChI is InChI=1S/C6H2F3N3O2/c7-6(8,9)5-11-3(13)2-1-10-14-4(2)12-5/h1H,(H,11,12,13). The van der Waals surface area contributed by atoms with Crippen LogP contribution in [0.1, 0.15) is 5.82 Å². The molecule has 0 saturated carbocycles. The van der Waals surface area contributed by atoms with Gasteiger partial charge >= 0.3 is 6.18 Å². The molecule has 0 bridgehead atoms. The van der Waals surface area contributed by atoms with E-state index in [2.05, 4.69) is 14.7 Å². The normalized spacial score (nSPS) is 12.2. The SMILES string of the molecule is O=c1[nH]c(C(F)(F)F)nc2oncc12. The molecule has 0 aromatic carbocycles. The molecule has 0 fully saturated rings. The van der Waals surface area contributed by atoms with Crippen LogP contribution in [0.2, 0.25) is 0 Å². The van der Waals surface area contributed by atoms with Crippen molar-refractivity contribution < 1.29 is 17.7 Å². The number of halogens is 3. The van der Waals surface area contributed by atoms with E-state index >= 15 is 0 Å². The fraction of sp³-hybridized carbons (Fsp3) is 0.167. The van der Waals surface area contributed by atoms with Crippen molar-refractivity contribution in [3.05, 3.63) is 22.4 Å². The van der Waals surface area contributed by atoms with E-state index in [0.717, 1.165) is 6.20 Å². The van der Waals surface area contributed by atoms with E-state index in [4.69, 9.17) is 0 Å². The van der Waals surface area contributed by atoms with Crippen LogP contribution in [0.3, 0.4) is 0 Å². The fourth-order valence-corrected chi connectivity index (χ4v) is 0.908. The van der Waals surface area contributed by atoms with Gasteiger partial charge in [0.15, 0.2) is 0 Å². The maximum Gasteiger partial charge on any atom is 0.449 e. The van der Waals surface area contributed by atoms with E-state index in [-0.39, 0.29) is 5.39 Å². The van der Waals surface area contributed by atoms with Gasteiger partial charge in [0.2, 0.25) is 5.82 Å². The first kappa shape index (κ1) is 8.73. The Bertz CT molecular complexity index is 527. The lowest BCUT2D eigenvalue weighted by Crippen LogP contribution is -2.18. The summed E-state index contributed by atoms with van der Waals surface area (Å²) in [5.41, 5.74) is -1.36. The Morgan fingerprint density at radius 3 is 2.79 bits per heavy atom. The monoisotopic (exact) mass is 205 g/mol. The number of hydrogen-bond acceptors (Lipinski definition) is 4. The zero-order chi connectivity index (χ0) is 10.3. The van der Waals surface area contributed by atoms with Gasteiger partial charge in [-0.25, -0.2) is 0 Å². The number of nitrogens with zero attached hydrogens (tertiary/aromatic N) is 2. The highest BCUT2D eigenvalue weighted by molar-refractivity contribution is 5.69. The first-order valence-electron chi connectivity index (χ1n) is 3.40. The van der Waals surface area contributed by atoms with Crippen LogP contribution in [0.25, 0.3) is 11.1 Å². The predicted molar refractivity (Wildman–Crippen MR) is 37.4 cm³/mol. The van der Waals surface area contributed by atoms with Crippen molar-refractivity contribution in [1.82, 2.24) is 15.1 Å². The van der Waals surface area contributed by atoms with E-state index < -0.39 is 23.3 Å². The van der Waals surface area contributed by atoms with Crippen molar-refractivity contribution in [3.63, 3.8) is 0 Å². The van der Waals surface area contributed by atoms with Gasteiger partial charge in [-0.1, -0.05) is 5.16 Å². The molecule has 5 nitrogen and oxygen atoms in total. The van der Waals surface area contributed by atoms with Crippen molar-refractivity contribution in [3.8, 4) is 0 Å². The van der Waals surface area contributed by atoms with Gasteiger partial charge in [-0.15, -0.1) is 0 Å². The van der Waals surface area contributed by atoms with Gasteiger partial charge in [0, 0.05) is 0 Å². The summed E-state index contributed by atoms with van der Waals surface area (Å²) in [6.45, 7) is 0. The summed E-state index contributed by atoms with van der Waals surface area (Å²) in [5, 5.41) is 3.05. The minimum Gasteiger partial charge on any atom is -0.336 e. The van der Waals surface area contributed by atoms with Crippen molar-refractivity contribution in [2.75, 3.05) is 0 Å². The lowest BCUT2D eigenvalue weighted by atomic mass is 10.4. The fourth-order valence-electron chi connectivity index (χ4n) is 0.908. The molecule has 2 aromatic rings. The van der Waals surface area contributed by atoms with Crippen LogP contribution in [-0.4, -0.2) is 15.1 Å². The molecule has 1 N–H and O–H groups in total. The van der Waals surface area contributed by atoms with Crippen molar-refractivity contribution >= 4 is 11.1 Å². The molecular formula is C6H2F3N3O2. The van der Waals surface area contributed by atoms with Crippen LogP contribution in [0.15, 0.2) is 15.5 Å². The third kappa shape index (κ3) is 1.24. The molecule has 0 aliphatic carbocycles. The number of aromatic amines is 1. The van der Waals surface area contributed by atoms with Gasteiger partial charge in [-0.2, -0.15) is 18.2 Å². The number of fused-ring (bicyclic) bond motifs is 1. The molecule has 0 aliphatic rings. The van der Waals surface area contributed by atoms with E-state index in [1.807, 2.05) is 0 Å². The molecule has 0 radical (unpaired) electrons. The molecule has 0 atom stereocenters. The van der Waals surface area contributed by atoms with Crippen LogP contribution in [-0.2, 0) is 6.18 Å². The molecule has 74 valence electrons. The molecule has 2 rings (SSSR count). The molecule has 2 heterocycles. The largest absolute Gasteiger partial charge is 0.449 e. The minimum absolute atomic E-state index is 0.113. The Morgan fingerprint density at radius 1 is 1.43 bits per heavy atom. The van der Waals surface area contributed by atoms with Crippen LogP contribution >= 0.6 is 0 Å². The second-order valence-corrected chi connectivity index (χ2v) is 2.46. The Labute approximate surface area is 73.5 Å². The second-order valence-electron chi connectivity index (χ2n) is 2.46. The molecule has 0 unspecified atom stereocenters. The summed E-state index contributed by atoms with van der Waals surface area (Å²) in [7, 11) is 0. The Kier molecular flexibility index (Phi) is 1.60. The van der Waals surface area contributed by atoms with Crippen molar-refractivity contribution in [2.24, 2.45) is 0 Å². The molecule has 0 aliphatic heterocycles.